The van der Waals surface area contributed by atoms with Gasteiger partial charge in [-0.3, -0.25) is 14.4 Å². The number of carbonyl (C=O) groups excluding carboxylic acids is 3. The van der Waals surface area contributed by atoms with Crippen molar-refractivity contribution in [2.45, 2.75) is 26.3 Å². The maximum Gasteiger partial charge on any atom is 0.255 e. The van der Waals surface area contributed by atoms with E-state index in [1.807, 2.05) is 48.7 Å². The van der Waals surface area contributed by atoms with Crippen molar-refractivity contribution < 1.29 is 14.4 Å². The molecule has 6 heteroatoms. The van der Waals surface area contributed by atoms with E-state index in [9.17, 15) is 14.4 Å². The van der Waals surface area contributed by atoms with Gasteiger partial charge in [-0.05, 0) is 48.2 Å². The zero-order valence-corrected chi connectivity index (χ0v) is 16.9. The predicted octanol–water partition coefficient (Wildman–Crippen LogP) is 4.59. The second-order valence-electron chi connectivity index (χ2n) is 6.70. The van der Waals surface area contributed by atoms with E-state index in [-0.39, 0.29) is 30.4 Å². The quantitative estimate of drug-likeness (QED) is 0.537. The van der Waals surface area contributed by atoms with Crippen LogP contribution in [0.5, 0.6) is 0 Å². The van der Waals surface area contributed by atoms with Crippen LogP contribution in [0.3, 0.4) is 0 Å². The number of benzene rings is 2. The third-order valence-corrected chi connectivity index (χ3v) is 5.27. The molecule has 0 atom stereocenters. The Balaban J connectivity index is 1.49. The molecule has 5 nitrogen and oxygen atoms in total. The molecule has 29 heavy (non-hydrogen) atoms. The summed E-state index contributed by atoms with van der Waals surface area (Å²) in [4.78, 5) is 37.0. The molecule has 1 aromatic heterocycles. The molecule has 0 aliphatic carbocycles. The molecular formula is C23H22N2O3S. The number of Topliss-reactive ketones (excluding diaryl/α,β-unsaturated/α-hetero) is 1. The van der Waals surface area contributed by atoms with Crippen LogP contribution >= 0.6 is 11.3 Å². The summed E-state index contributed by atoms with van der Waals surface area (Å²) in [7, 11) is 0. The lowest BCUT2D eigenvalue weighted by Gasteiger charge is -2.09. The molecule has 3 aromatic rings. The number of thiophene rings is 1. The number of nitrogens with one attached hydrogen (secondary N) is 2. The largest absolute Gasteiger partial charge is 0.352 e. The Labute approximate surface area is 173 Å². The molecule has 0 bridgehead atoms. The first-order valence-corrected chi connectivity index (χ1v) is 10.2. The van der Waals surface area contributed by atoms with Crippen LogP contribution in [0.2, 0.25) is 0 Å². The zero-order valence-electron chi connectivity index (χ0n) is 16.1. The highest BCUT2D eigenvalue weighted by Gasteiger charge is 2.10. The third-order valence-electron chi connectivity index (χ3n) is 4.36. The molecule has 2 amide bonds. The molecule has 0 aliphatic heterocycles. The van der Waals surface area contributed by atoms with Crippen LogP contribution in [0.15, 0.2) is 66.0 Å². The summed E-state index contributed by atoms with van der Waals surface area (Å²) in [5.41, 5.74) is 3.21. The SMILES string of the molecule is Cc1ccc(C(=O)Nc2cccc(CNC(=O)CCC(=O)c3cccs3)c2)cc1. The van der Waals surface area contributed by atoms with Crippen molar-refractivity contribution in [2.24, 2.45) is 0 Å². The Hall–Kier alpha value is -3.25. The van der Waals surface area contributed by atoms with E-state index in [2.05, 4.69) is 10.6 Å². The highest BCUT2D eigenvalue weighted by Crippen LogP contribution is 2.14. The summed E-state index contributed by atoms with van der Waals surface area (Å²) in [5.74, 6) is -0.377. The molecule has 0 aliphatic rings. The molecule has 0 saturated carbocycles. The van der Waals surface area contributed by atoms with E-state index in [1.165, 1.54) is 11.3 Å². The van der Waals surface area contributed by atoms with Crippen molar-refractivity contribution in [3.8, 4) is 0 Å². The molecule has 2 aromatic carbocycles. The average Bonchev–Trinajstić information content (AvgIpc) is 3.26. The number of amides is 2. The van der Waals surface area contributed by atoms with Crippen molar-refractivity contribution >= 4 is 34.6 Å². The van der Waals surface area contributed by atoms with Crippen molar-refractivity contribution in [1.82, 2.24) is 5.32 Å². The van der Waals surface area contributed by atoms with Gasteiger partial charge in [0.2, 0.25) is 5.91 Å². The molecule has 2 N–H and O–H groups in total. The lowest BCUT2D eigenvalue weighted by molar-refractivity contribution is -0.121. The molecule has 0 unspecified atom stereocenters. The minimum atomic E-state index is -0.182. The monoisotopic (exact) mass is 406 g/mol. The van der Waals surface area contributed by atoms with E-state index < -0.39 is 0 Å². The number of hydrogen-bond donors (Lipinski definition) is 2. The van der Waals surface area contributed by atoms with Crippen LogP contribution in [0, 0.1) is 6.92 Å². The number of ketones is 1. The second kappa shape index (κ2) is 9.80. The van der Waals surface area contributed by atoms with E-state index in [0.717, 1.165) is 11.1 Å². The molecule has 1 heterocycles. The number of carbonyl (C=O) groups is 3. The molecule has 0 spiro atoms. The Kier molecular flexibility index (Phi) is 6.92. The lowest BCUT2D eigenvalue weighted by atomic mass is 10.1. The van der Waals surface area contributed by atoms with Gasteiger partial charge in [-0.2, -0.15) is 0 Å². The van der Waals surface area contributed by atoms with Gasteiger partial charge in [-0.25, -0.2) is 0 Å². The van der Waals surface area contributed by atoms with E-state index >= 15 is 0 Å². The minimum Gasteiger partial charge on any atom is -0.352 e. The van der Waals surface area contributed by atoms with Crippen molar-refractivity contribution in [1.29, 1.82) is 0 Å². The fraction of sp³-hybridized carbons (Fsp3) is 0.174. The zero-order chi connectivity index (χ0) is 20.6. The first-order chi connectivity index (χ1) is 14.0. The van der Waals surface area contributed by atoms with Crippen LogP contribution in [-0.2, 0) is 11.3 Å². The van der Waals surface area contributed by atoms with Gasteiger partial charge >= 0.3 is 0 Å². The number of anilines is 1. The topological polar surface area (TPSA) is 75.3 Å². The molecule has 3 rings (SSSR count). The molecular weight excluding hydrogens is 384 g/mol. The molecule has 0 saturated heterocycles. The third kappa shape index (κ3) is 6.12. The van der Waals surface area contributed by atoms with Crippen molar-refractivity contribution in [3.63, 3.8) is 0 Å². The van der Waals surface area contributed by atoms with Crippen molar-refractivity contribution in [3.05, 3.63) is 87.6 Å². The van der Waals surface area contributed by atoms with E-state index in [4.69, 9.17) is 0 Å². The Morgan fingerprint density at radius 2 is 1.72 bits per heavy atom. The normalized spacial score (nSPS) is 10.4. The number of rotatable bonds is 8. The Morgan fingerprint density at radius 1 is 0.931 bits per heavy atom. The van der Waals surface area contributed by atoms with Crippen molar-refractivity contribution in [2.75, 3.05) is 5.32 Å². The summed E-state index contributed by atoms with van der Waals surface area (Å²) in [6.45, 7) is 2.30. The van der Waals surface area contributed by atoms with Crippen LogP contribution < -0.4 is 10.6 Å². The van der Waals surface area contributed by atoms with Gasteiger partial charge in [0.1, 0.15) is 0 Å². The average molecular weight is 407 g/mol. The van der Waals surface area contributed by atoms with Gasteiger partial charge in [0.05, 0.1) is 4.88 Å². The van der Waals surface area contributed by atoms with Gasteiger partial charge in [-0.1, -0.05) is 35.9 Å². The fourth-order valence-corrected chi connectivity index (χ4v) is 3.44. The van der Waals surface area contributed by atoms with E-state index in [1.54, 1.807) is 24.3 Å². The van der Waals surface area contributed by atoms with Gasteiger partial charge < -0.3 is 10.6 Å². The van der Waals surface area contributed by atoms with Crippen LogP contribution in [0.4, 0.5) is 5.69 Å². The van der Waals surface area contributed by atoms with Gasteiger partial charge in [0, 0.05) is 30.6 Å². The van der Waals surface area contributed by atoms with Gasteiger partial charge in [0.25, 0.3) is 5.91 Å². The molecule has 0 fully saturated rings. The summed E-state index contributed by atoms with van der Waals surface area (Å²) >= 11 is 1.38. The van der Waals surface area contributed by atoms with Gasteiger partial charge in [0.15, 0.2) is 5.78 Å². The van der Waals surface area contributed by atoms with Crippen LogP contribution in [0.25, 0.3) is 0 Å². The van der Waals surface area contributed by atoms with Crippen LogP contribution in [0.1, 0.15) is 44.0 Å². The van der Waals surface area contributed by atoms with Crippen LogP contribution in [-0.4, -0.2) is 17.6 Å². The minimum absolute atomic E-state index is 0.0176. The van der Waals surface area contributed by atoms with E-state index in [0.29, 0.717) is 22.7 Å². The van der Waals surface area contributed by atoms with Gasteiger partial charge in [-0.15, -0.1) is 11.3 Å². The second-order valence-corrected chi connectivity index (χ2v) is 7.65. The summed E-state index contributed by atoms with van der Waals surface area (Å²) in [6.07, 6.45) is 0.347. The summed E-state index contributed by atoms with van der Waals surface area (Å²) in [5, 5.41) is 7.53. The highest BCUT2D eigenvalue weighted by molar-refractivity contribution is 7.12. The maximum absolute atomic E-state index is 12.3. The maximum atomic E-state index is 12.3. The Bertz CT molecular complexity index is 995. The Morgan fingerprint density at radius 3 is 2.45 bits per heavy atom. The number of hydrogen-bond acceptors (Lipinski definition) is 4. The first-order valence-electron chi connectivity index (χ1n) is 9.31. The standard InChI is InChI=1S/C23H22N2O3S/c1-16-7-9-18(10-8-16)23(28)25-19-5-2-4-17(14-19)15-24-22(27)12-11-20(26)21-6-3-13-29-21/h2-10,13-14H,11-12,15H2,1H3,(H,24,27)(H,25,28). The fourth-order valence-electron chi connectivity index (χ4n) is 2.74. The molecule has 0 radical (unpaired) electrons. The predicted molar refractivity (Wildman–Crippen MR) is 115 cm³/mol. The summed E-state index contributed by atoms with van der Waals surface area (Å²) < 4.78 is 0. The lowest BCUT2D eigenvalue weighted by Crippen LogP contribution is -2.23. The molecule has 148 valence electrons. The highest BCUT2D eigenvalue weighted by atomic mass is 32.1. The first kappa shape index (κ1) is 20.5. The summed E-state index contributed by atoms with van der Waals surface area (Å²) in [6, 6.07) is 18.3. The smallest absolute Gasteiger partial charge is 0.255 e. The number of aryl methyl sites for hydroxylation is 1.